The number of nitrogens with two attached hydrogens (primary N) is 1. The molecule has 0 saturated heterocycles. The number of fused-ring (bicyclic) bond motifs is 1. The number of benzene rings is 1. The topological polar surface area (TPSA) is 35.2 Å². The molecule has 0 atom stereocenters. The van der Waals surface area contributed by atoms with Gasteiger partial charge in [-0.25, -0.2) is 0 Å². The van der Waals surface area contributed by atoms with Gasteiger partial charge in [0.1, 0.15) is 0 Å². The van der Waals surface area contributed by atoms with Gasteiger partial charge in [0.05, 0.1) is 11.8 Å². The van der Waals surface area contributed by atoms with Gasteiger partial charge in [-0.05, 0) is 6.07 Å². The molecule has 4 heteroatoms. The van der Waals surface area contributed by atoms with Gasteiger partial charge in [0.15, 0.2) is 5.06 Å². The van der Waals surface area contributed by atoms with Gasteiger partial charge in [-0.1, -0.05) is 39.4 Å². The second kappa shape index (κ2) is 3.79. The molecule has 0 spiro atoms. The van der Waals surface area contributed by atoms with Crippen molar-refractivity contribution >= 4 is 43.0 Å². The molecule has 0 aliphatic heterocycles. The zero-order chi connectivity index (χ0) is 10.1. The Labute approximate surface area is 94.8 Å². The van der Waals surface area contributed by atoms with Crippen LogP contribution in [0.25, 0.3) is 10.1 Å². The van der Waals surface area contributed by atoms with Gasteiger partial charge in [0.2, 0.25) is 0 Å². The number of alkyl halides is 1. The summed E-state index contributed by atoms with van der Waals surface area (Å²) in [6.07, 6.45) is 0. The Morgan fingerprint density at radius 2 is 2.29 bits per heavy atom. The zero-order valence-corrected chi connectivity index (χ0v) is 10.1. The van der Waals surface area contributed by atoms with Crippen LogP contribution in [0.3, 0.4) is 0 Å². The molecular weight excluding hydrogens is 262 g/mol. The van der Waals surface area contributed by atoms with Crippen molar-refractivity contribution in [3.8, 4) is 5.06 Å². The number of halogens is 1. The average molecular weight is 272 g/mol. The second-order valence-corrected chi connectivity index (χ2v) is 4.47. The number of ether oxygens (including phenoxy) is 1. The third kappa shape index (κ3) is 1.38. The first-order chi connectivity index (χ1) is 6.77. The van der Waals surface area contributed by atoms with Crippen molar-refractivity contribution < 1.29 is 4.74 Å². The third-order valence-corrected chi connectivity index (χ3v) is 3.95. The molecule has 0 bridgehead atoms. The predicted octanol–water partition coefficient (Wildman–Crippen LogP) is 3.39. The third-order valence-electron chi connectivity index (χ3n) is 2.13. The van der Waals surface area contributed by atoms with Crippen LogP contribution >= 0.6 is 27.3 Å². The summed E-state index contributed by atoms with van der Waals surface area (Å²) in [7, 11) is 1.69. The van der Waals surface area contributed by atoms with E-state index in [4.69, 9.17) is 10.5 Å². The predicted molar refractivity (Wildman–Crippen MR) is 65.4 cm³/mol. The minimum absolute atomic E-state index is 0.791. The maximum Gasteiger partial charge on any atom is 0.178 e. The fourth-order valence-corrected chi connectivity index (χ4v) is 3.27. The van der Waals surface area contributed by atoms with Crippen LogP contribution in [0.15, 0.2) is 18.2 Å². The standard InChI is InChI=1S/C10H10BrNOS/c1-13-10-7(5-11)6-3-2-4-8(12)9(6)14-10/h2-4H,5,12H2,1H3. The Hall–Kier alpha value is -0.740. The summed E-state index contributed by atoms with van der Waals surface area (Å²) >= 11 is 5.06. The number of nitrogen functional groups attached to an aromatic ring is 1. The van der Waals surface area contributed by atoms with E-state index in [2.05, 4.69) is 22.0 Å². The first-order valence-electron chi connectivity index (χ1n) is 4.17. The molecule has 2 N–H and O–H groups in total. The summed E-state index contributed by atoms with van der Waals surface area (Å²) < 4.78 is 6.42. The van der Waals surface area contributed by atoms with Crippen LogP contribution in [0.1, 0.15) is 5.56 Å². The van der Waals surface area contributed by atoms with Gasteiger partial charge in [0.25, 0.3) is 0 Å². The largest absolute Gasteiger partial charge is 0.487 e. The summed E-state index contributed by atoms with van der Waals surface area (Å²) in [5.41, 5.74) is 7.89. The van der Waals surface area contributed by atoms with E-state index in [9.17, 15) is 0 Å². The highest BCUT2D eigenvalue weighted by Crippen LogP contribution is 2.41. The highest BCUT2D eigenvalue weighted by atomic mass is 79.9. The molecule has 0 amide bonds. The highest BCUT2D eigenvalue weighted by Gasteiger charge is 2.12. The number of thiophene rings is 1. The molecule has 0 aliphatic rings. The first kappa shape index (κ1) is 9.80. The molecule has 2 rings (SSSR count). The maximum atomic E-state index is 5.89. The van der Waals surface area contributed by atoms with Crippen LogP contribution in [0, 0.1) is 0 Å². The number of rotatable bonds is 2. The molecular formula is C10H10BrNOS. The molecule has 0 fully saturated rings. The Bertz CT molecular complexity index is 466. The molecule has 0 radical (unpaired) electrons. The normalized spacial score (nSPS) is 10.7. The molecule has 2 nitrogen and oxygen atoms in total. The zero-order valence-electron chi connectivity index (χ0n) is 7.71. The summed E-state index contributed by atoms with van der Waals surface area (Å²) in [6, 6.07) is 5.95. The van der Waals surface area contributed by atoms with Crippen molar-refractivity contribution in [2.45, 2.75) is 5.33 Å². The van der Waals surface area contributed by atoms with Gasteiger partial charge in [-0.3, -0.25) is 0 Å². The molecule has 74 valence electrons. The van der Waals surface area contributed by atoms with E-state index in [0.717, 1.165) is 20.8 Å². The van der Waals surface area contributed by atoms with E-state index < -0.39 is 0 Å². The van der Waals surface area contributed by atoms with Gasteiger partial charge < -0.3 is 10.5 Å². The molecule has 1 heterocycles. The van der Waals surface area contributed by atoms with E-state index in [1.807, 2.05) is 12.1 Å². The monoisotopic (exact) mass is 271 g/mol. The Kier molecular flexibility index (Phi) is 2.65. The molecule has 2 aromatic rings. The summed E-state index contributed by atoms with van der Waals surface area (Å²) in [5.74, 6) is 0. The van der Waals surface area contributed by atoms with E-state index in [1.54, 1.807) is 18.4 Å². The van der Waals surface area contributed by atoms with Crippen LogP contribution in [-0.4, -0.2) is 7.11 Å². The van der Waals surface area contributed by atoms with E-state index >= 15 is 0 Å². The quantitative estimate of drug-likeness (QED) is 0.671. The van der Waals surface area contributed by atoms with Crippen molar-refractivity contribution in [2.24, 2.45) is 0 Å². The fourth-order valence-electron chi connectivity index (χ4n) is 1.46. The molecule has 14 heavy (non-hydrogen) atoms. The van der Waals surface area contributed by atoms with Crippen LogP contribution in [0.4, 0.5) is 5.69 Å². The van der Waals surface area contributed by atoms with E-state index in [1.165, 1.54) is 10.9 Å². The minimum Gasteiger partial charge on any atom is -0.487 e. The van der Waals surface area contributed by atoms with Gasteiger partial charge in [-0.2, -0.15) is 0 Å². The second-order valence-electron chi connectivity index (χ2n) is 2.93. The lowest BCUT2D eigenvalue weighted by Gasteiger charge is -1.97. The average Bonchev–Trinajstić information content (AvgIpc) is 2.57. The van der Waals surface area contributed by atoms with Crippen LogP contribution in [0.2, 0.25) is 0 Å². The molecule has 0 unspecified atom stereocenters. The molecule has 0 saturated carbocycles. The lowest BCUT2D eigenvalue weighted by atomic mass is 10.2. The summed E-state index contributed by atoms with van der Waals surface area (Å²) in [4.78, 5) is 0. The Balaban J connectivity index is 2.79. The fraction of sp³-hybridized carbons (Fsp3) is 0.200. The lowest BCUT2D eigenvalue weighted by molar-refractivity contribution is 0.424. The van der Waals surface area contributed by atoms with Crippen molar-refractivity contribution in [1.82, 2.24) is 0 Å². The molecule has 0 aliphatic carbocycles. The minimum atomic E-state index is 0.791. The number of anilines is 1. The number of methoxy groups -OCH3 is 1. The van der Waals surface area contributed by atoms with Crippen molar-refractivity contribution in [2.75, 3.05) is 12.8 Å². The molecule has 1 aromatic carbocycles. The first-order valence-corrected chi connectivity index (χ1v) is 6.11. The van der Waals surface area contributed by atoms with E-state index in [-0.39, 0.29) is 0 Å². The summed E-state index contributed by atoms with van der Waals surface area (Å²) in [5, 5.41) is 2.91. The van der Waals surface area contributed by atoms with Gasteiger partial charge in [0, 0.05) is 22.0 Å². The van der Waals surface area contributed by atoms with Crippen LogP contribution in [-0.2, 0) is 5.33 Å². The number of hydrogen-bond donors (Lipinski definition) is 1. The molecule has 1 aromatic heterocycles. The van der Waals surface area contributed by atoms with Crippen molar-refractivity contribution in [3.63, 3.8) is 0 Å². The Morgan fingerprint density at radius 1 is 1.50 bits per heavy atom. The van der Waals surface area contributed by atoms with Gasteiger partial charge >= 0.3 is 0 Å². The van der Waals surface area contributed by atoms with Gasteiger partial charge in [-0.15, -0.1) is 0 Å². The van der Waals surface area contributed by atoms with Crippen molar-refractivity contribution in [1.29, 1.82) is 0 Å². The highest BCUT2D eigenvalue weighted by molar-refractivity contribution is 9.08. The lowest BCUT2D eigenvalue weighted by Crippen LogP contribution is -1.84. The SMILES string of the molecule is COc1sc2c(N)cccc2c1CBr. The smallest absolute Gasteiger partial charge is 0.178 e. The van der Waals surface area contributed by atoms with E-state index in [0.29, 0.717) is 0 Å². The number of hydrogen-bond acceptors (Lipinski definition) is 3. The van der Waals surface area contributed by atoms with Crippen LogP contribution < -0.4 is 10.5 Å². The summed E-state index contributed by atoms with van der Waals surface area (Å²) in [6.45, 7) is 0. The van der Waals surface area contributed by atoms with Crippen molar-refractivity contribution in [3.05, 3.63) is 23.8 Å². The Morgan fingerprint density at radius 3 is 2.93 bits per heavy atom. The van der Waals surface area contributed by atoms with Crippen LogP contribution in [0.5, 0.6) is 5.06 Å². The maximum absolute atomic E-state index is 5.89.